The first-order valence-electron chi connectivity index (χ1n) is 11.9. The molecule has 196 valence electrons. The molecule has 7 nitrogen and oxygen atoms in total. The molecule has 0 N–H and O–H groups in total. The molecular formula is C25H35F3N2O5. The van der Waals surface area contributed by atoms with Crippen molar-refractivity contribution in [3.63, 3.8) is 0 Å². The van der Waals surface area contributed by atoms with Crippen molar-refractivity contribution < 1.29 is 37.1 Å². The van der Waals surface area contributed by atoms with Gasteiger partial charge in [0.15, 0.2) is 0 Å². The number of hydrogen-bond acceptors (Lipinski definition) is 6. The Morgan fingerprint density at radius 2 is 1.74 bits per heavy atom. The molecule has 1 amide bonds. The molecule has 1 aromatic rings. The van der Waals surface area contributed by atoms with Crippen LogP contribution in [-0.4, -0.2) is 72.7 Å². The number of piperidine rings is 1. The van der Waals surface area contributed by atoms with Gasteiger partial charge in [-0.1, -0.05) is 30.3 Å². The fraction of sp³-hybridized carbons (Fsp3) is 0.680. The molecule has 35 heavy (non-hydrogen) atoms. The van der Waals surface area contributed by atoms with Gasteiger partial charge in [0, 0.05) is 31.5 Å². The molecule has 0 aromatic heterocycles. The second-order valence-corrected chi connectivity index (χ2v) is 10.5. The van der Waals surface area contributed by atoms with Crippen LogP contribution >= 0.6 is 0 Å². The van der Waals surface area contributed by atoms with E-state index in [2.05, 4.69) is 0 Å². The molecule has 0 spiro atoms. The lowest BCUT2D eigenvalue weighted by atomic mass is 9.73. The summed E-state index contributed by atoms with van der Waals surface area (Å²) in [7, 11) is 1.53. The predicted molar refractivity (Wildman–Crippen MR) is 122 cm³/mol. The number of ether oxygens (including phenoxy) is 2. The highest BCUT2D eigenvalue weighted by atomic mass is 19.4. The number of rotatable bonds is 7. The number of amides is 1. The van der Waals surface area contributed by atoms with Crippen LogP contribution in [0.4, 0.5) is 18.0 Å². The Bertz CT molecular complexity index is 879. The Morgan fingerprint density at radius 1 is 1.14 bits per heavy atom. The van der Waals surface area contributed by atoms with Gasteiger partial charge in [-0.2, -0.15) is 13.2 Å². The lowest BCUT2D eigenvalue weighted by Gasteiger charge is -2.47. The van der Waals surface area contributed by atoms with E-state index in [-0.39, 0.29) is 18.6 Å². The Hall–Kier alpha value is -2.33. The van der Waals surface area contributed by atoms with Gasteiger partial charge in [0.25, 0.3) is 0 Å². The van der Waals surface area contributed by atoms with E-state index in [0.717, 1.165) is 5.56 Å². The zero-order chi connectivity index (χ0) is 26.0. The molecule has 1 saturated heterocycles. The molecule has 1 aromatic carbocycles. The Kier molecular flexibility index (Phi) is 8.06. The minimum Gasteiger partial charge on any atom is -0.444 e. The first kappa shape index (κ1) is 27.3. The highest BCUT2D eigenvalue weighted by molar-refractivity contribution is 5.75. The van der Waals surface area contributed by atoms with E-state index in [0.29, 0.717) is 32.4 Å². The van der Waals surface area contributed by atoms with Gasteiger partial charge in [-0.15, -0.1) is 5.06 Å². The Morgan fingerprint density at radius 3 is 2.26 bits per heavy atom. The number of carbonyl (C=O) groups is 2. The van der Waals surface area contributed by atoms with E-state index in [1.54, 1.807) is 32.6 Å². The summed E-state index contributed by atoms with van der Waals surface area (Å²) in [5.41, 5.74) is -0.270. The van der Waals surface area contributed by atoms with Gasteiger partial charge in [0.1, 0.15) is 5.60 Å². The quantitative estimate of drug-likeness (QED) is 0.496. The molecule has 0 radical (unpaired) electrons. The van der Waals surface area contributed by atoms with Crippen molar-refractivity contribution in [2.75, 3.05) is 26.8 Å². The molecule has 1 aliphatic carbocycles. The first-order chi connectivity index (χ1) is 16.3. The van der Waals surface area contributed by atoms with E-state index in [1.165, 1.54) is 12.2 Å². The van der Waals surface area contributed by atoms with E-state index < -0.39 is 35.3 Å². The smallest absolute Gasteiger partial charge is 0.444 e. The minimum atomic E-state index is -5.11. The molecule has 1 aliphatic heterocycles. The summed E-state index contributed by atoms with van der Waals surface area (Å²) in [5.74, 6) is -2.28. The van der Waals surface area contributed by atoms with Gasteiger partial charge >= 0.3 is 18.2 Å². The molecule has 3 rings (SSSR count). The van der Waals surface area contributed by atoms with Crippen molar-refractivity contribution in [3.8, 4) is 0 Å². The monoisotopic (exact) mass is 500 g/mol. The SMILES string of the molecule is COCC1(C(C)N(OC(=O)C(F)(F)F)[C@@H]2C[C@H]2c2ccccc2)CCN(C(=O)OC(C)(C)C)CC1. The average Bonchev–Trinajstić information content (AvgIpc) is 3.57. The molecule has 1 heterocycles. The second kappa shape index (κ2) is 10.3. The highest BCUT2D eigenvalue weighted by Gasteiger charge is 2.54. The number of halogens is 3. The third-order valence-corrected chi connectivity index (χ3v) is 6.84. The number of methoxy groups -OCH3 is 1. The number of alkyl halides is 3. The first-order valence-corrected chi connectivity index (χ1v) is 11.9. The lowest BCUT2D eigenvalue weighted by Crippen LogP contribution is -2.56. The van der Waals surface area contributed by atoms with Gasteiger partial charge in [-0.25, -0.2) is 9.59 Å². The van der Waals surface area contributed by atoms with Gasteiger partial charge in [0.05, 0.1) is 18.7 Å². The fourth-order valence-electron chi connectivity index (χ4n) is 4.80. The zero-order valence-electron chi connectivity index (χ0n) is 20.9. The lowest BCUT2D eigenvalue weighted by molar-refractivity contribution is -0.259. The minimum absolute atomic E-state index is 0.0406. The van der Waals surface area contributed by atoms with Crippen molar-refractivity contribution >= 4 is 12.1 Å². The van der Waals surface area contributed by atoms with Crippen LogP contribution in [0.2, 0.25) is 0 Å². The van der Waals surface area contributed by atoms with Gasteiger partial charge in [0.2, 0.25) is 0 Å². The maximum atomic E-state index is 13.2. The summed E-state index contributed by atoms with van der Waals surface area (Å²) in [4.78, 5) is 31.0. The second-order valence-electron chi connectivity index (χ2n) is 10.5. The number of nitrogens with zero attached hydrogens (tertiary/aromatic N) is 2. The standard InChI is InChI=1S/C25H35F3N2O5/c1-17(24(16-33-5)11-13-29(14-12-24)22(32)34-23(2,3)4)30(35-21(31)25(26,27)28)20-15-19(20)18-9-7-6-8-10-18/h6-10,17,19-20H,11-16H2,1-5H3/t17?,19-,20+/m0/s1. The number of likely N-dealkylation sites (tertiary alicyclic amines) is 1. The Labute approximate surface area is 204 Å². The molecular weight excluding hydrogens is 465 g/mol. The maximum absolute atomic E-state index is 13.2. The van der Waals surface area contributed by atoms with Crippen LogP contribution in [0.1, 0.15) is 58.4 Å². The third-order valence-electron chi connectivity index (χ3n) is 6.84. The topological polar surface area (TPSA) is 68.3 Å². The summed E-state index contributed by atoms with van der Waals surface area (Å²) < 4.78 is 50.4. The van der Waals surface area contributed by atoms with Gasteiger partial charge in [-0.05, 0) is 52.5 Å². The molecule has 0 bridgehead atoms. The molecule has 2 aliphatic rings. The van der Waals surface area contributed by atoms with Crippen molar-refractivity contribution in [2.45, 2.75) is 76.7 Å². The number of hydrogen-bond donors (Lipinski definition) is 0. The Balaban J connectivity index is 1.80. The third kappa shape index (κ3) is 6.67. The summed E-state index contributed by atoms with van der Waals surface area (Å²) in [6, 6.07) is 8.51. The van der Waals surface area contributed by atoms with Crippen molar-refractivity contribution in [1.82, 2.24) is 9.96 Å². The van der Waals surface area contributed by atoms with Crippen molar-refractivity contribution in [2.24, 2.45) is 5.41 Å². The fourth-order valence-corrected chi connectivity index (χ4v) is 4.80. The molecule has 1 saturated carbocycles. The van der Waals surface area contributed by atoms with Crippen LogP contribution in [0.5, 0.6) is 0 Å². The molecule has 3 atom stereocenters. The van der Waals surface area contributed by atoms with Gasteiger partial charge < -0.3 is 19.2 Å². The molecule has 10 heteroatoms. The summed E-state index contributed by atoms with van der Waals surface area (Å²) in [6.07, 6.45) is -4.03. The van der Waals surface area contributed by atoms with Crippen LogP contribution in [-0.2, 0) is 19.1 Å². The van der Waals surface area contributed by atoms with Crippen LogP contribution in [0.3, 0.4) is 0 Å². The van der Waals surface area contributed by atoms with Gasteiger partial charge in [-0.3, -0.25) is 0 Å². The average molecular weight is 501 g/mol. The van der Waals surface area contributed by atoms with Crippen LogP contribution < -0.4 is 0 Å². The largest absolute Gasteiger partial charge is 0.492 e. The summed E-state index contributed by atoms with van der Waals surface area (Å²) in [5, 5.41) is 1.23. The number of hydroxylamine groups is 2. The van der Waals surface area contributed by atoms with E-state index in [1.807, 2.05) is 30.3 Å². The predicted octanol–water partition coefficient (Wildman–Crippen LogP) is 4.92. The number of benzene rings is 1. The number of carbonyl (C=O) groups excluding carboxylic acids is 2. The van der Waals surface area contributed by atoms with Crippen molar-refractivity contribution in [1.29, 1.82) is 0 Å². The summed E-state index contributed by atoms with van der Waals surface area (Å²) in [6.45, 7) is 8.10. The summed E-state index contributed by atoms with van der Waals surface area (Å²) >= 11 is 0. The van der Waals surface area contributed by atoms with E-state index in [9.17, 15) is 22.8 Å². The van der Waals surface area contributed by atoms with Crippen molar-refractivity contribution in [3.05, 3.63) is 35.9 Å². The van der Waals surface area contributed by atoms with E-state index >= 15 is 0 Å². The molecule has 1 unspecified atom stereocenters. The zero-order valence-corrected chi connectivity index (χ0v) is 20.9. The van der Waals surface area contributed by atoms with Crippen LogP contribution in [0.15, 0.2) is 30.3 Å². The maximum Gasteiger partial charge on any atom is 0.492 e. The van der Waals surface area contributed by atoms with Crippen LogP contribution in [0.25, 0.3) is 0 Å². The van der Waals surface area contributed by atoms with E-state index in [4.69, 9.17) is 14.3 Å². The normalized spacial score (nSPS) is 23.1. The highest BCUT2D eigenvalue weighted by Crippen LogP contribution is 2.49. The molecule has 2 fully saturated rings. The van der Waals surface area contributed by atoms with Crippen LogP contribution in [0, 0.1) is 5.41 Å².